The topological polar surface area (TPSA) is 146 Å². The van der Waals surface area contributed by atoms with E-state index in [9.17, 15) is 31.1 Å². The van der Waals surface area contributed by atoms with Crippen LogP contribution in [0.5, 0.6) is 0 Å². The minimum absolute atomic E-state index is 0.0960. The van der Waals surface area contributed by atoms with Crippen LogP contribution >= 0.6 is 11.3 Å². The molecule has 1 aliphatic rings. The molecule has 9 nitrogen and oxygen atoms in total. The van der Waals surface area contributed by atoms with Gasteiger partial charge in [-0.2, -0.15) is 26.3 Å². The van der Waals surface area contributed by atoms with Gasteiger partial charge in [0.05, 0.1) is 12.2 Å². The summed E-state index contributed by atoms with van der Waals surface area (Å²) in [7, 11) is 0. The van der Waals surface area contributed by atoms with Gasteiger partial charge in [-0.25, -0.2) is 14.6 Å². The number of carbonyl (C=O) groups excluding carboxylic acids is 1. The predicted octanol–water partition coefficient (Wildman–Crippen LogP) is 3.26. The van der Waals surface area contributed by atoms with Crippen molar-refractivity contribution in [2.45, 2.75) is 57.4 Å². The molecule has 2 rings (SSSR count). The third-order valence-electron chi connectivity index (χ3n) is 4.12. The fourth-order valence-corrected chi connectivity index (χ4v) is 3.04. The molecule has 196 valence electrons. The van der Waals surface area contributed by atoms with E-state index in [1.807, 2.05) is 5.38 Å². The molecule has 1 amide bonds. The molecule has 1 aromatic heterocycles. The van der Waals surface area contributed by atoms with Crippen molar-refractivity contribution < 1.29 is 50.9 Å². The number of carboxylic acids is 2. The summed E-state index contributed by atoms with van der Waals surface area (Å²) in [5.74, 6) is -5.42. The number of aromatic nitrogens is 1. The molecule has 2 heterocycles. The Labute approximate surface area is 194 Å². The summed E-state index contributed by atoms with van der Waals surface area (Å²) in [5.41, 5.74) is 6.40. The average Bonchev–Trinajstić information content (AvgIpc) is 3.10. The van der Waals surface area contributed by atoms with Gasteiger partial charge in [-0.3, -0.25) is 4.79 Å². The summed E-state index contributed by atoms with van der Waals surface area (Å²) in [6.45, 7) is 3.61. The number of thiazole rings is 1. The number of likely N-dealkylation sites (tertiary alicyclic amines) is 1. The van der Waals surface area contributed by atoms with Crippen LogP contribution in [0.15, 0.2) is 5.38 Å². The Kier molecular flexibility index (Phi) is 14.1. The summed E-state index contributed by atoms with van der Waals surface area (Å²) < 4.78 is 63.5. The first-order chi connectivity index (χ1) is 15.6. The highest BCUT2D eigenvalue weighted by Gasteiger charge is 2.38. The number of aliphatic carboxylic acids is 2. The first kappa shape index (κ1) is 31.4. The summed E-state index contributed by atoms with van der Waals surface area (Å²) in [6.07, 6.45) is -3.05. The minimum Gasteiger partial charge on any atom is -0.475 e. The Morgan fingerprint density at radius 3 is 1.79 bits per heavy atom. The molecule has 0 atom stereocenters. The minimum atomic E-state index is -5.08. The summed E-state index contributed by atoms with van der Waals surface area (Å²) in [5, 5.41) is 19.6. The van der Waals surface area contributed by atoms with E-state index in [1.54, 1.807) is 0 Å². The number of carboxylic acid groups (broad SMARTS) is 2. The molecular formula is C18H26F6N4O5S. The van der Waals surface area contributed by atoms with Gasteiger partial charge in [0.25, 0.3) is 0 Å². The molecule has 1 saturated heterocycles. The Morgan fingerprint density at radius 1 is 0.971 bits per heavy atom. The van der Waals surface area contributed by atoms with Crippen molar-refractivity contribution >= 4 is 34.3 Å². The lowest BCUT2D eigenvalue weighted by molar-refractivity contribution is -0.193. The van der Waals surface area contributed by atoms with Crippen LogP contribution in [0.4, 0.5) is 31.5 Å². The van der Waals surface area contributed by atoms with Crippen LogP contribution in [0.3, 0.4) is 0 Å². The Bertz CT molecular complexity index is 741. The molecular weight excluding hydrogens is 498 g/mol. The maximum atomic E-state index is 11.8. The fraction of sp³-hybridized carbons (Fsp3) is 0.667. The highest BCUT2D eigenvalue weighted by molar-refractivity contribution is 7.13. The molecule has 34 heavy (non-hydrogen) atoms. The van der Waals surface area contributed by atoms with Crippen molar-refractivity contribution in [2.75, 3.05) is 25.4 Å². The van der Waals surface area contributed by atoms with Gasteiger partial charge in [-0.1, -0.05) is 19.3 Å². The molecule has 0 unspecified atom stereocenters. The highest BCUT2D eigenvalue weighted by atomic mass is 32.1. The lowest BCUT2D eigenvalue weighted by atomic mass is 10.1. The molecule has 0 aliphatic carbocycles. The molecule has 1 aliphatic heterocycles. The van der Waals surface area contributed by atoms with Crippen LogP contribution in [0, 0.1) is 0 Å². The zero-order chi connectivity index (χ0) is 26.4. The third-order valence-corrected chi connectivity index (χ3v) is 4.85. The van der Waals surface area contributed by atoms with Gasteiger partial charge in [-0.05, 0) is 25.9 Å². The van der Waals surface area contributed by atoms with Gasteiger partial charge >= 0.3 is 24.3 Å². The van der Waals surface area contributed by atoms with E-state index < -0.39 is 24.3 Å². The van der Waals surface area contributed by atoms with Gasteiger partial charge < -0.3 is 26.2 Å². The number of amides is 1. The zero-order valence-corrected chi connectivity index (χ0v) is 18.7. The van der Waals surface area contributed by atoms with Crippen molar-refractivity contribution in [3.8, 4) is 0 Å². The number of alkyl halides is 6. The van der Waals surface area contributed by atoms with Gasteiger partial charge in [0.15, 0.2) is 5.13 Å². The molecule has 0 saturated carbocycles. The van der Waals surface area contributed by atoms with Crippen LogP contribution in [-0.4, -0.2) is 69.9 Å². The van der Waals surface area contributed by atoms with Crippen molar-refractivity contribution in [1.82, 2.24) is 15.2 Å². The number of hydrogen-bond donors (Lipinski definition) is 4. The fourth-order valence-electron chi connectivity index (χ4n) is 2.48. The third kappa shape index (κ3) is 16.1. The average molecular weight is 524 g/mol. The maximum Gasteiger partial charge on any atom is 0.490 e. The van der Waals surface area contributed by atoms with Gasteiger partial charge in [0.2, 0.25) is 5.91 Å². The van der Waals surface area contributed by atoms with Gasteiger partial charge in [-0.15, -0.1) is 11.3 Å². The number of nitrogens with one attached hydrogen (secondary N) is 1. The summed E-state index contributed by atoms with van der Waals surface area (Å²) in [4.78, 5) is 36.2. The predicted molar refractivity (Wildman–Crippen MR) is 110 cm³/mol. The van der Waals surface area contributed by atoms with Gasteiger partial charge in [0, 0.05) is 18.3 Å². The van der Waals surface area contributed by atoms with E-state index in [-0.39, 0.29) is 5.91 Å². The quantitative estimate of drug-likeness (QED) is 0.430. The molecule has 0 radical (unpaired) electrons. The number of nitrogens with two attached hydrogens (primary N) is 1. The van der Waals surface area contributed by atoms with E-state index in [1.165, 1.54) is 43.4 Å². The highest BCUT2D eigenvalue weighted by Crippen LogP contribution is 2.14. The van der Waals surface area contributed by atoms with Crippen molar-refractivity contribution in [2.24, 2.45) is 0 Å². The molecule has 0 bridgehead atoms. The second-order valence-corrected chi connectivity index (χ2v) is 7.81. The van der Waals surface area contributed by atoms with E-state index in [0.717, 1.165) is 25.3 Å². The van der Waals surface area contributed by atoms with Crippen molar-refractivity contribution in [3.63, 3.8) is 0 Å². The number of anilines is 1. The van der Waals surface area contributed by atoms with Crippen LogP contribution in [0.2, 0.25) is 0 Å². The normalized spacial score (nSPS) is 14.9. The molecule has 16 heteroatoms. The number of carbonyl (C=O) groups is 3. The van der Waals surface area contributed by atoms with Crippen molar-refractivity contribution in [1.29, 1.82) is 0 Å². The second-order valence-electron chi connectivity index (χ2n) is 6.92. The van der Waals surface area contributed by atoms with Crippen molar-refractivity contribution in [3.05, 3.63) is 11.1 Å². The van der Waals surface area contributed by atoms with E-state index in [4.69, 9.17) is 25.5 Å². The lowest BCUT2D eigenvalue weighted by Gasteiger charge is -2.24. The summed E-state index contributed by atoms with van der Waals surface area (Å²) in [6, 6.07) is 0. The SMILES string of the molecule is Nc1nc(CNC(=O)CCN2CCCCCCC2)cs1.O=C(O)C(F)(F)F.O=C(O)C(F)(F)F. The number of hydrogen-bond acceptors (Lipinski definition) is 7. The molecule has 0 spiro atoms. The Morgan fingerprint density at radius 2 is 1.41 bits per heavy atom. The van der Waals surface area contributed by atoms with Crippen LogP contribution < -0.4 is 11.1 Å². The first-order valence-electron chi connectivity index (χ1n) is 9.92. The molecule has 5 N–H and O–H groups in total. The van der Waals surface area contributed by atoms with Crippen LogP contribution in [-0.2, 0) is 20.9 Å². The smallest absolute Gasteiger partial charge is 0.475 e. The van der Waals surface area contributed by atoms with Crippen LogP contribution in [0.25, 0.3) is 0 Å². The molecule has 1 aromatic rings. The van der Waals surface area contributed by atoms with Gasteiger partial charge in [0.1, 0.15) is 0 Å². The first-order valence-corrected chi connectivity index (χ1v) is 10.8. The maximum absolute atomic E-state index is 11.8. The lowest BCUT2D eigenvalue weighted by Crippen LogP contribution is -2.32. The number of rotatable bonds is 5. The van der Waals surface area contributed by atoms with E-state index in [2.05, 4.69) is 15.2 Å². The summed E-state index contributed by atoms with van der Waals surface area (Å²) >= 11 is 1.40. The Balaban J connectivity index is 0.000000642. The largest absolute Gasteiger partial charge is 0.490 e. The van der Waals surface area contributed by atoms with E-state index >= 15 is 0 Å². The molecule has 1 fully saturated rings. The Hall–Kier alpha value is -2.62. The monoisotopic (exact) mass is 524 g/mol. The molecule has 0 aromatic carbocycles. The van der Waals surface area contributed by atoms with Crippen LogP contribution in [0.1, 0.15) is 44.2 Å². The standard InChI is InChI=1S/C14H24N4OS.2C2HF3O2/c15-14-17-12(11-20-14)10-16-13(19)6-9-18-7-4-2-1-3-5-8-18;2*3-2(4,5)1(6)7/h11H,1-10H2,(H2,15,17)(H,16,19);2*(H,6,7). The number of halogens is 6. The number of nitrogen functional groups attached to an aromatic ring is 1. The number of nitrogens with zero attached hydrogens (tertiary/aromatic N) is 2. The second kappa shape index (κ2) is 15.3. The van der Waals surface area contributed by atoms with E-state index in [0.29, 0.717) is 18.1 Å². The zero-order valence-electron chi connectivity index (χ0n) is 17.9.